The smallest absolute Gasteiger partial charge is 0.136 e. The Morgan fingerprint density at radius 3 is 0.924 bits per heavy atom. The van der Waals surface area contributed by atoms with Gasteiger partial charge in [-0.1, -0.05) is 207 Å². The van der Waals surface area contributed by atoms with E-state index >= 15 is 8.78 Å². The molecular formula is C56H78Br2F2N4S2. The standard InChI is InChI=1S/C56H78Br2F2N4S2/c1-5-9-13-17-21-25-29-33-55(34-30-26-22-18-14-10-6-2)39-37-41(57)51-53(63-65-61-51)43(39)45-47(55)49(59)46-44-40(38-42(58)52-54(44)64-66-62-52)56(48(46)50(45)60,35-31-27-23-19-15-11-7-3)36-32-28-24-20-16-12-8-4/h37-38H,5-36H2,1-4H3. The first-order valence-corrected chi connectivity index (χ1v) is 29.8. The molecule has 10 heteroatoms. The van der Waals surface area contributed by atoms with Gasteiger partial charge in [-0.25, -0.2) is 8.78 Å². The van der Waals surface area contributed by atoms with Crippen molar-refractivity contribution in [3.8, 4) is 22.3 Å². The highest BCUT2D eigenvalue weighted by atomic mass is 79.9. The number of fused-ring (bicyclic) bond motifs is 10. The van der Waals surface area contributed by atoms with Gasteiger partial charge in [0.2, 0.25) is 0 Å². The lowest BCUT2D eigenvalue weighted by Gasteiger charge is -2.35. The van der Waals surface area contributed by atoms with Gasteiger partial charge < -0.3 is 0 Å². The summed E-state index contributed by atoms with van der Waals surface area (Å²) in [6.07, 6.45) is 35.9. The van der Waals surface area contributed by atoms with Crippen molar-refractivity contribution in [3.05, 3.63) is 55.0 Å². The molecule has 2 heterocycles. The SMILES string of the molecule is CCCCCCCCCC1(CCCCCCCCC)c2cc(Br)c3nsnc3c2-c2c(F)c3c(c(F)c21)-c1c(cc(Br)c2nsnc12)C3(CCCCCCCCC)CCCCCCCCC. The van der Waals surface area contributed by atoms with Crippen LogP contribution in [0.3, 0.4) is 0 Å². The number of halogens is 4. The van der Waals surface area contributed by atoms with Gasteiger partial charge in [0.15, 0.2) is 0 Å². The summed E-state index contributed by atoms with van der Waals surface area (Å²) in [5, 5.41) is 0. The van der Waals surface area contributed by atoms with Crippen molar-refractivity contribution in [2.75, 3.05) is 0 Å². The van der Waals surface area contributed by atoms with Crippen molar-refractivity contribution in [3.63, 3.8) is 0 Å². The van der Waals surface area contributed by atoms with E-state index in [0.717, 1.165) is 119 Å². The Labute approximate surface area is 422 Å². The van der Waals surface area contributed by atoms with Crippen LogP contribution in [0, 0.1) is 11.6 Å². The number of unbranched alkanes of at least 4 members (excludes halogenated alkanes) is 24. The minimum Gasteiger partial charge on any atom is -0.206 e. The lowest BCUT2D eigenvalue weighted by molar-refractivity contribution is 0.374. The van der Waals surface area contributed by atoms with Crippen molar-refractivity contribution < 1.29 is 8.78 Å². The highest BCUT2D eigenvalue weighted by molar-refractivity contribution is 9.11. The number of benzene rings is 3. The molecule has 2 aliphatic carbocycles. The van der Waals surface area contributed by atoms with Crippen LogP contribution in [0.1, 0.15) is 255 Å². The lowest BCUT2D eigenvalue weighted by Crippen LogP contribution is -2.29. The second kappa shape index (κ2) is 25.3. The van der Waals surface area contributed by atoms with Gasteiger partial charge in [-0.3, -0.25) is 0 Å². The summed E-state index contributed by atoms with van der Waals surface area (Å²) in [5.74, 6) is -0.454. The number of rotatable bonds is 32. The van der Waals surface area contributed by atoms with Crippen LogP contribution in [0.2, 0.25) is 0 Å². The minimum atomic E-state index is -0.699. The van der Waals surface area contributed by atoms with E-state index in [1.807, 2.05) is 0 Å². The molecule has 3 aromatic carbocycles. The number of aromatic nitrogens is 4. The fraction of sp³-hybridized carbons (Fsp3) is 0.679. The molecule has 0 atom stereocenters. The molecule has 7 rings (SSSR count). The highest BCUT2D eigenvalue weighted by Gasteiger charge is 2.54. The van der Waals surface area contributed by atoms with Gasteiger partial charge in [-0.2, -0.15) is 17.5 Å². The van der Waals surface area contributed by atoms with Gasteiger partial charge in [-0.15, -0.1) is 0 Å². The van der Waals surface area contributed by atoms with Crippen LogP contribution < -0.4 is 0 Å². The van der Waals surface area contributed by atoms with E-state index in [-0.39, 0.29) is 11.6 Å². The predicted octanol–water partition coefficient (Wildman–Crippen LogP) is 20.6. The first-order chi connectivity index (χ1) is 32.3. The zero-order valence-corrected chi connectivity index (χ0v) is 45.7. The largest absolute Gasteiger partial charge is 0.206 e. The van der Waals surface area contributed by atoms with Crippen LogP contribution in [0.15, 0.2) is 21.1 Å². The Morgan fingerprint density at radius 1 is 0.379 bits per heavy atom. The first-order valence-electron chi connectivity index (χ1n) is 26.8. The third kappa shape index (κ3) is 10.9. The zero-order valence-electron chi connectivity index (χ0n) is 40.9. The maximum Gasteiger partial charge on any atom is 0.136 e. The molecule has 0 fully saturated rings. The summed E-state index contributed by atoms with van der Waals surface area (Å²) in [6.45, 7) is 9.06. The molecule has 2 aliphatic rings. The Balaban J connectivity index is 1.43. The summed E-state index contributed by atoms with van der Waals surface area (Å²) >= 11 is 10.2. The number of hydrogen-bond donors (Lipinski definition) is 0. The Bertz CT molecular complexity index is 2140. The highest BCUT2D eigenvalue weighted by Crippen LogP contribution is 2.65. The quantitative estimate of drug-likeness (QED) is 0.0403. The van der Waals surface area contributed by atoms with Crippen LogP contribution >= 0.6 is 55.3 Å². The van der Waals surface area contributed by atoms with Crippen molar-refractivity contribution >= 4 is 77.4 Å². The molecule has 0 spiro atoms. The van der Waals surface area contributed by atoms with Crippen LogP contribution in [0.25, 0.3) is 44.3 Å². The fourth-order valence-electron chi connectivity index (χ4n) is 12.2. The maximum atomic E-state index is 19.4. The minimum absolute atomic E-state index is 0.227. The van der Waals surface area contributed by atoms with Crippen molar-refractivity contribution in [2.24, 2.45) is 0 Å². The van der Waals surface area contributed by atoms with Gasteiger partial charge in [-0.05, 0) is 80.8 Å². The predicted molar refractivity (Wildman–Crippen MR) is 287 cm³/mol. The van der Waals surface area contributed by atoms with Gasteiger partial charge in [0.05, 0.1) is 23.5 Å². The van der Waals surface area contributed by atoms with Crippen LogP contribution in [0.4, 0.5) is 8.78 Å². The number of nitrogens with zero attached hydrogens (tertiary/aromatic N) is 4. The third-order valence-corrected chi connectivity index (χ3v) is 17.9. The normalized spacial score (nSPS) is 14.4. The molecule has 0 saturated carbocycles. The monoisotopic (exact) mass is 1070 g/mol. The van der Waals surface area contributed by atoms with E-state index in [9.17, 15) is 0 Å². The molecule has 66 heavy (non-hydrogen) atoms. The summed E-state index contributed by atoms with van der Waals surface area (Å²) in [5.41, 5.74) is 7.27. The number of hydrogen-bond acceptors (Lipinski definition) is 6. The summed E-state index contributed by atoms with van der Waals surface area (Å²) < 4.78 is 59.9. The maximum absolute atomic E-state index is 19.4. The summed E-state index contributed by atoms with van der Waals surface area (Å²) in [6, 6.07) is 4.40. The average molecular weight is 1070 g/mol. The second-order valence-electron chi connectivity index (χ2n) is 20.3. The molecule has 362 valence electrons. The second-order valence-corrected chi connectivity index (χ2v) is 23.0. The molecule has 0 amide bonds. The molecule has 4 nitrogen and oxygen atoms in total. The van der Waals surface area contributed by atoms with Crippen LogP contribution in [0.5, 0.6) is 0 Å². The molecule has 0 unspecified atom stereocenters. The molecular weight excluding hydrogens is 991 g/mol. The molecule has 0 saturated heterocycles. The lowest BCUT2D eigenvalue weighted by atomic mass is 9.68. The van der Waals surface area contributed by atoms with Crippen LogP contribution in [-0.4, -0.2) is 17.5 Å². The first kappa shape index (κ1) is 52.0. The van der Waals surface area contributed by atoms with E-state index in [2.05, 4.69) is 71.7 Å². The van der Waals surface area contributed by atoms with E-state index in [4.69, 9.17) is 17.5 Å². The van der Waals surface area contributed by atoms with Crippen molar-refractivity contribution in [1.29, 1.82) is 0 Å². The van der Waals surface area contributed by atoms with Gasteiger partial charge >= 0.3 is 0 Å². The van der Waals surface area contributed by atoms with E-state index in [1.54, 1.807) is 0 Å². The van der Waals surface area contributed by atoms with Gasteiger partial charge in [0.25, 0.3) is 0 Å². The van der Waals surface area contributed by atoms with Gasteiger partial charge in [0, 0.05) is 53.2 Å². The Kier molecular flexibility index (Phi) is 19.9. The van der Waals surface area contributed by atoms with Gasteiger partial charge in [0.1, 0.15) is 33.7 Å². The Morgan fingerprint density at radius 2 is 0.636 bits per heavy atom. The van der Waals surface area contributed by atoms with Crippen molar-refractivity contribution in [2.45, 2.75) is 244 Å². The molecule has 2 aromatic heterocycles. The topological polar surface area (TPSA) is 51.6 Å². The van der Waals surface area contributed by atoms with E-state index in [1.165, 1.54) is 152 Å². The van der Waals surface area contributed by atoms with E-state index < -0.39 is 10.8 Å². The Hall–Kier alpha value is -1.88. The molecule has 0 aliphatic heterocycles. The molecule has 0 bridgehead atoms. The average Bonchev–Trinajstić information content (AvgIpc) is 4.11. The third-order valence-electron chi connectivity index (χ3n) is 15.7. The summed E-state index contributed by atoms with van der Waals surface area (Å²) in [7, 11) is 0. The van der Waals surface area contributed by atoms with Crippen molar-refractivity contribution in [1.82, 2.24) is 17.5 Å². The fourth-order valence-corrected chi connectivity index (χ4v) is 14.6. The van der Waals surface area contributed by atoms with Crippen LogP contribution in [-0.2, 0) is 10.8 Å². The van der Waals surface area contributed by atoms with E-state index in [0.29, 0.717) is 33.3 Å². The molecule has 0 radical (unpaired) electrons. The zero-order chi connectivity index (χ0) is 46.5. The molecule has 5 aromatic rings. The molecule has 0 N–H and O–H groups in total. The summed E-state index contributed by atoms with van der Waals surface area (Å²) in [4.78, 5) is 0.